The lowest BCUT2D eigenvalue weighted by molar-refractivity contribution is 0.0533. The highest BCUT2D eigenvalue weighted by Gasteiger charge is 2.25. The van der Waals surface area contributed by atoms with E-state index in [9.17, 15) is 10.1 Å². The van der Waals surface area contributed by atoms with Crippen LogP contribution < -0.4 is 0 Å². The Balaban J connectivity index is 2.74. The molecule has 114 valence electrons. The predicted octanol–water partition coefficient (Wildman–Crippen LogP) is 5.33. The highest BCUT2D eigenvalue weighted by Crippen LogP contribution is 2.41. The quantitative estimate of drug-likeness (QED) is 0.697. The molecule has 0 aliphatic heterocycles. The smallest absolute Gasteiger partial charge is 0.348 e. The van der Waals surface area contributed by atoms with Gasteiger partial charge in [-0.15, -0.1) is 11.3 Å². The first-order valence-corrected chi connectivity index (χ1v) is 8.28. The van der Waals surface area contributed by atoms with Gasteiger partial charge in [-0.05, 0) is 25.5 Å². The van der Waals surface area contributed by atoms with E-state index in [0.717, 1.165) is 4.88 Å². The number of ether oxygens (including phenoxy) is 1. The third-order valence-corrected chi connectivity index (χ3v) is 4.94. The summed E-state index contributed by atoms with van der Waals surface area (Å²) in [6.45, 7) is 3.95. The van der Waals surface area contributed by atoms with Gasteiger partial charge in [-0.1, -0.05) is 36.2 Å². The number of nitrogens with zero attached hydrogens (tertiary/aromatic N) is 1. The summed E-state index contributed by atoms with van der Waals surface area (Å²) in [5.74, 6) is -0.440. The molecular weight excluding hydrogens is 341 g/mol. The molecule has 3 nitrogen and oxygen atoms in total. The van der Waals surface area contributed by atoms with E-state index >= 15 is 0 Å². The third-order valence-electron chi connectivity index (χ3n) is 3.08. The van der Waals surface area contributed by atoms with Crippen molar-refractivity contribution >= 4 is 40.5 Å². The van der Waals surface area contributed by atoms with E-state index in [-0.39, 0.29) is 6.61 Å². The number of hydrogen-bond donors (Lipinski definition) is 0. The van der Waals surface area contributed by atoms with Crippen LogP contribution in [0.3, 0.4) is 0 Å². The first-order chi connectivity index (χ1) is 10.5. The normalized spacial score (nSPS) is 10.3. The molecule has 1 aromatic heterocycles. The fraction of sp³-hybridized carbons (Fsp3) is 0.250. The van der Waals surface area contributed by atoms with Gasteiger partial charge in [0.05, 0.1) is 12.2 Å². The van der Waals surface area contributed by atoms with Crippen LogP contribution in [0.1, 0.15) is 34.0 Å². The van der Waals surface area contributed by atoms with Crippen LogP contribution >= 0.6 is 34.5 Å². The Kier molecular flexibility index (Phi) is 5.47. The zero-order valence-corrected chi connectivity index (χ0v) is 14.4. The summed E-state index contributed by atoms with van der Waals surface area (Å²) in [4.78, 5) is 13.5. The lowest BCUT2D eigenvalue weighted by Crippen LogP contribution is -2.04. The average molecular weight is 354 g/mol. The van der Waals surface area contributed by atoms with Gasteiger partial charge in [0.2, 0.25) is 0 Å². The Morgan fingerprint density at radius 1 is 1.36 bits per heavy atom. The van der Waals surface area contributed by atoms with E-state index in [4.69, 9.17) is 27.9 Å². The Morgan fingerprint density at radius 3 is 2.64 bits per heavy atom. The molecule has 0 fully saturated rings. The fourth-order valence-electron chi connectivity index (χ4n) is 2.13. The number of carbonyl (C=O) groups is 1. The van der Waals surface area contributed by atoms with Gasteiger partial charge in [-0.2, -0.15) is 5.26 Å². The van der Waals surface area contributed by atoms with Crippen LogP contribution in [0.5, 0.6) is 0 Å². The largest absolute Gasteiger partial charge is 0.462 e. The van der Waals surface area contributed by atoms with Crippen LogP contribution in [0, 0.1) is 11.3 Å². The maximum Gasteiger partial charge on any atom is 0.348 e. The molecule has 0 radical (unpaired) electrons. The van der Waals surface area contributed by atoms with Gasteiger partial charge >= 0.3 is 5.97 Å². The SMILES string of the molecule is CCOC(=O)c1sc(CC)c(C#N)c1-c1ccc(Cl)cc1Cl. The van der Waals surface area contributed by atoms with Crippen molar-refractivity contribution in [2.75, 3.05) is 6.61 Å². The molecule has 0 saturated heterocycles. The molecule has 22 heavy (non-hydrogen) atoms. The summed E-state index contributed by atoms with van der Waals surface area (Å²) in [6.07, 6.45) is 0.658. The minimum Gasteiger partial charge on any atom is -0.462 e. The van der Waals surface area contributed by atoms with Gasteiger partial charge in [0.1, 0.15) is 10.9 Å². The van der Waals surface area contributed by atoms with Crippen molar-refractivity contribution in [2.24, 2.45) is 0 Å². The molecule has 0 spiro atoms. The molecule has 0 saturated carbocycles. The number of aryl methyl sites for hydroxylation is 1. The maximum atomic E-state index is 12.2. The predicted molar refractivity (Wildman–Crippen MR) is 89.8 cm³/mol. The summed E-state index contributed by atoms with van der Waals surface area (Å²) in [5.41, 5.74) is 1.62. The number of benzene rings is 1. The van der Waals surface area contributed by atoms with Crippen LogP contribution in [0.25, 0.3) is 11.1 Å². The van der Waals surface area contributed by atoms with Crippen molar-refractivity contribution in [2.45, 2.75) is 20.3 Å². The first-order valence-electron chi connectivity index (χ1n) is 6.71. The van der Waals surface area contributed by atoms with Gasteiger partial charge in [0.25, 0.3) is 0 Å². The van der Waals surface area contributed by atoms with E-state index < -0.39 is 5.97 Å². The van der Waals surface area contributed by atoms with Crippen molar-refractivity contribution in [3.8, 4) is 17.2 Å². The zero-order valence-electron chi connectivity index (χ0n) is 12.1. The average Bonchev–Trinajstić information content (AvgIpc) is 2.86. The maximum absolute atomic E-state index is 12.2. The second-order valence-corrected chi connectivity index (χ2v) is 6.36. The Bertz CT molecular complexity index is 762. The van der Waals surface area contributed by atoms with Gasteiger partial charge in [-0.25, -0.2) is 4.79 Å². The molecule has 0 N–H and O–H groups in total. The molecule has 0 unspecified atom stereocenters. The lowest BCUT2D eigenvalue weighted by Gasteiger charge is -2.07. The fourth-order valence-corrected chi connectivity index (χ4v) is 3.73. The highest BCUT2D eigenvalue weighted by atomic mass is 35.5. The Hall–Kier alpha value is -1.54. The minimum atomic E-state index is -0.440. The number of nitriles is 1. The highest BCUT2D eigenvalue weighted by molar-refractivity contribution is 7.14. The number of thiophene rings is 1. The molecule has 6 heteroatoms. The van der Waals surface area contributed by atoms with Gasteiger partial charge in [0, 0.05) is 26.0 Å². The summed E-state index contributed by atoms with van der Waals surface area (Å²) in [7, 11) is 0. The molecule has 0 aliphatic rings. The first kappa shape index (κ1) is 16.8. The summed E-state index contributed by atoms with van der Waals surface area (Å²) in [5, 5.41) is 10.4. The topological polar surface area (TPSA) is 50.1 Å². The standard InChI is InChI=1S/C16H13Cl2NO2S/c1-3-13-11(8-19)14(15(22-13)16(20)21-4-2)10-6-5-9(17)7-12(10)18/h5-7H,3-4H2,1-2H3. The number of halogens is 2. The molecular formula is C16H13Cl2NO2S. The summed E-state index contributed by atoms with van der Waals surface area (Å²) < 4.78 is 5.10. The Morgan fingerprint density at radius 2 is 2.09 bits per heavy atom. The number of esters is 1. The Labute approximate surface area is 143 Å². The molecule has 0 atom stereocenters. The summed E-state index contributed by atoms with van der Waals surface area (Å²) >= 11 is 13.5. The number of hydrogen-bond acceptors (Lipinski definition) is 4. The van der Waals surface area contributed by atoms with Crippen LogP contribution in [0.2, 0.25) is 10.0 Å². The van der Waals surface area contributed by atoms with Crippen LogP contribution in [-0.2, 0) is 11.2 Å². The van der Waals surface area contributed by atoms with Crippen LogP contribution in [-0.4, -0.2) is 12.6 Å². The molecule has 0 amide bonds. The molecule has 0 aliphatic carbocycles. The minimum absolute atomic E-state index is 0.272. The monoisotopic (exact) mass is 353 g/mol. The molecule has 0 bridgehead atoms. The second-order valence-electron chi connectivity index (χ2n) is 4.41. The van der Waals surface area contributed by atoms with E-state index in [1.54, 1.807) is 25.1 Å². The summed E-state index contributed by atoms with van der Waals surface area (Å²) in [6, 6.07) is 7.18. The van der Waals surface area contributed by atoms with Gasteiger partial charge < -0.3 is 4.74 Å². The van der Waals surface area contributed by atoms with Gasteiger partial charge in [-0.3, -0.25) is 0 Å². The van der Waals surface area contributed by atoms with E-state index in [1.807, 2.05) is 6.92 Å². The lowest BCUT2D eigenvalue weighted by atomic mass is 10.00. The van der Waals surface area contributed by atoms with Crippen molar-refractivity contribution in [1.29, 1.82) is 5.26 Å². The molecule has 1 aromatic carbocycles. The van der Waals surface area contributed by atoms with E-state index in [1.165, 1.54) is 11.3 Å². The third kappa shape index (κ3) is 3.12. The van der Waals surface area contributed by atoms with E-state index in [2.05, 4.69) is 6.07 Å². The van der Waals surface area contributed by atoms with Crippen LogP contribution in [0.4, 0.5) is 0 Å². The molecule has 1 heterocycles. The van der Waals surface area contributed by atoms with Gasteiger partial charge in [0.15, 0.2) is 0 Å². The van der Waals surface area contributed by atoms with Crippen LogP contribution in [0.15, 0.2) is 18.2 Å². The van der Waals surface area contributed by atoms with Crippen molar-refractivity contribution in [3.63, 3.8) is 0 Å². The zero-order chi connectivity index (χ0) is 16.3. The van der Waals surface area contributed by atoms with E-state index in [0.29, 0.717) is 38.0 Å². The van der Waals surface area contributed by atoms with Crippen molar-refractivity contribution in [3.05, 3.63) is 43.6 Å². The van der Waals surface area contributed by atoms with Crippen molar-refractivity contribution < 1.29 is 9.53 Å². The second kappa shape index (κ2) is 7.15. The molecule has 2 aromatic rings. The number of rotatable bonds is 4. The van der Waals surface area contributed by atoms with Crippen molar-refractivity contribution in [1.82, 2.24) is 0 Å². The number of carbonyl (C=O) groups excluding carboxylic acids is 1. The molecule has 2 rings (SSSR count).